The van der Waals surface area contributed by atoms with Gasteiger partial charge >= 0.3 is 6.18 Å². The Morgan fingerprint density at radius 2 is 2.09 bits per heavy atom. The van der Waals surface area contributed by atoms with Crippen molar-refractivity contribution in [3.63, 3.8) is 0 Å². The number of likely N-dealkylation sites (N-methyl/N-ethyl adjacent to an activating group) is 1. The van der Waals surface area contributed by atoms with Gasteiger partial charge in [0, 0.05) is 30.3 Å². The number of non-ortho nitro benzene ring substituents is 1. The number of halogens is 3. The highest BCUT2D eigenvalue weighted by molar-refractivity contribution is 7.81. The molecule has 0 fully saturated rings. The molecule has 0 aliphatic carbocycles. The van der Waals surface area contributed by atoms with Crippen LogP contribution in [0.2, 0.25) is 0 Å². The Balaban J connectivity index is 2.67. The van der Waals surface area contributed by atoms with Crippen LogP contribution >= 0.6 is 12.2 Å². The average Bonchev–Trinajstić information content (AvgIpc) is 2.43. The summed E-state index contributed by atoms with van der Waals surface area (Å²) in [5.74, 6) is -0.111. The van der Waals surface area contributed by atoms with Crippen LogP contribution in [0.3, 0.4) is 0 Å². The van der Waals surface area contributed by atoms with Crippen molar-refractivity contribution in [3.05, 3.63) is 40.0 Å². The molecule has 1 aromatic carbocycles. The first-order chi connectivity index (χ1) is 10.1. The van der Waals surface area contributed by atoms with Gasteiger partial charge in [0.2, 0.25) is 5.60 Å². The molecule has 0 spiro atoms. The summed E-state index contributed by atoms with van der Waals surface area (Å²) in [6.07, 6.45) is -3.83. The molecule has 0 saturated heterocycles. The van der Waals surface area contributed by atoms with E-state index < -0.39 is 16.7 Å². The van der Waals surface area contributed by atoms with Gasteiger partial charge in [-0.3, -0.25) is 10.1 Å². The third-order valence-corrected chi connectivity index (χ3v) is 3.66. The molecule has 0 bridgehead atoms. The van der Waals surface area contributed by atoms with Crippen LogP contribution in [0.5, 0.6) is 5.75 Å². The molecule has 1 aliphatic rings. The van der Waals surface area contributed by atoms with Crippen LogP contribution in [-0.4, -0.2) is 28.7 Å². The van der Waals surface area contributed by atoms with E-state index in [1.807, 2.05) is 0 Å². The van der Waals surface area contributed by atoms with Gasteiger partial charge in [-0.05, 0) is 19.1 Å². The van der Waals surface area contributed by atoms with Crippen molar-refractivity contribution in [3.8, 4) is 5.75 Å². The largest absolute Gasteiger partial charge is 0.473 e. The topological polar surface area (TPSA) is 64.4 Å². The Hall–Kier alpha value is -2.16. The number of benzene rings is 1. The minimum absolute atomic E-state index is 0.0422. The molecular formula is C13H11F3N2O3S. The molecule has 0 radical (unpaired) electrons. The minimum atomic E-state index is -4.67. The second kappa shape index (κ2) is 5.24. The second-order valence-electron chi connectivity index (χ2n) is 4.78. The average molecular weight is 332 g/mol. The third-order valence-electron chi connectivity index (χ3n) is 3.24. The maximum Gasteiger partial charge on any atom is 0.431 e. The van der Waals surface area contributed by atoms with Gasteiger partial charge in [-0.25, -0.2) is 0 Å². The zero-order valence-electron chi connectivity index (χ0n) is 11.5. The number of nitrogens with one attached hydrogen (secondary N) is 1. The van der Waals surface area contributed by atoms with Gasteiger partial charge in [0.05, 0.1) is 4.92 Å². The summed E-state index contributed by atoms with van der Waals surface area (Å²) >= 11 is 5.01. The van der Waals surface area contributed by atoms with Crippen molar-refractivity contribution < 1.29 is 22.8 Å². The first-order valence-corrected chi connectivity index (χ1v) is 6.49. The number of alkyl halides is 3. The summed E-state index contributed by atoms with van der Waals surface area (Å²) in [5, 5.41) is 13.4. The zero-order chi connectivity index (χ0) is 16.7. The number of rotatable bonds is 2. The number of thiocarbonyl (C=S) groups is 1. The molecule has 0 amide bonds. The Morgan fingerprint density at radius 1 is 1.45 bits per heavy atom. The molecule has 2 rings (SSSR count). The summed E-state index contributed by atoms with van der Waals surface area (Å²) in [4.78, 5) is 10.2. The maximum atomic E-state index is 13.2. The van der Waals surface area contributed by atoms with Crippen molar-refractivity contribution in [2.75, 3.05) is 7.05 Å². The van der Waals surface area contributed by atoms with E-state index in [0.29, 0.717) is 0 Å². The van der Waals surface area contributed by atoms with Gasteiger partial charge in [0.1, 0.15) is 10.7 Å². The summed E-state index contributed by atoms with van der Waals surface area (Å²) < 4.78 is 44.7. The number of nitro groups is 1. The number of nitrogens with zero attached hydrogens (tertiary/aromatic N) is 1. The van der Waals surface area contributed by atoms with Crippen molar-refractivity contribution in [2.24, 2.45) is 0 Å². The van der Waals surface area contributed by atoms with E-state index in [-0.39, 0.29) is 27.6 Å². The normalized spacial score (nSPS) is 20.5. The van der Waals surface area contributed by atoms with E-state index in [1.165, 1.54) is 7.05 Å². The highest BCUT2D eigenvalue weighted by atomic mass is 32.1. The van der Waals surface area contributed by atoms with E-state index in [9.17, 15) is 23.3 Å². The van der Waals surface area contributed by atoms with E-state index in [0.717, 1.165) is 31.2 Å². The van der Waals surface area contributed by atoms with Crippen molar-refractivity contribution in [1.29, 1.82) is 0 Å². The maximum absolute atomic E-state index is 13.2. The van der Waals surface area contributed by atoms with Crippen LogP contribution in [0.25, 0.3) is 5.57 Å². The second-order valence-corrected chi connectivity index (χ2v) is 5.19. The first kappa shape index (κ1) is 16.2. The fraction of sp³-hybridized carbons (Fsp3) is 0.308. The van der Waals surface area contributed by atoms with Crippen molar-refractivity contribution >= 4 is 28.5 Å². The van der Waals surface area contributed by atoms with Gasteiger partial charge in [-0.15, -0.1) is 0 Å². The Morgan fingerprint density at radius 3 is 2.59 bits per heavy atom. The van der Waals surface area contributed by atoms with Crippen LogP contribution in [0.1, 0.15) is 12.5 Å². The number of nitro benzene ring substituents is 1. The number of ether oxygens (including phenoxy) is 1. The standard InChI is InChI=1S/C13H11F3N2O3S/c1-12(13(14,15)16)6-9(11(22)17-2)8-5-7(18(19)20)3-4-10(8)21-12/h3-6H,1-2H3,(H,17,22). The SMILES string of the molecule is CNC(=S)C1=CC(C)(C(F)(F)F)Oc2ccc([N+](=O)[O-])cc21. The molecule has 1 aromatic rings. The Kier molecular flexibility index (Phi) is 3.86. The van der Waals surface area contributed by atoms with E-state index in [2.05, 4.69) is 5.32 Å². The molecule has 1 N–H and O–H groups in total. The van der Waals surface area contributed by atoms with Crippen LogP contribution < -0.4 is 10.1 Å². The van der Waals surface area contributed by atoms with E-state index >= 15 is 0 Å². The molecule has 1 atom stereocenters. The predicted molar refractivity (Wildman–Crippen MR) is 77.8 cm³/mol. The smallest absolute Gasteiger partial charge is 0.431 e. The lowest BCUT2D eigenvalue weighted by atomic mass is 9.92. The molecule has 118 valence electrons. The van der Waals surface area contributed by atoms with Crippen molar-refractivity contribution in [1.82, 2.24) is 5.32 Å². The number of hydrogen-bond acceptors (Lipinski definition) is 4. The molecule has 22 heavy (non-hydrogen) atoms. The summed E-state index contributed by atoms with van der Waals surface area (Å²) in [6, 6.07) is 3.37. The predicted octanol–water partition coefficient (Wildman–Crippen LogP) is 3.24. The van der Waals surface area contributed by atoms with Crippen LogP contribution in [0.15, 0.2) is 24.3 Å². The quantitative estimate of drug-likeness (QED) is 0.512. The van der Waals surface area contributed by atoms with Gasteiger partial charge in [0.15, 0.2) is 0 Å². The van der Waals surface area contributed by atoms with Gasteiger partial charge in [0.25, 0.3) is 5.69 Å². The molecular weight excluding hydrogens is 321 g/mol. The molecule has 5 nitrogen and oxygen atoms in total. The summed E-state index contributed by atoms with van der Waals surface area (Å²) in [5.41, 5.74) is -2.63. The molecule has 1 unspecified atom stereocenters. The fourth-order valence-corrected chi connectivity index (χ4v) is 2.17. The van der Waals surface area contributed by atoms with E-state index in [4.69, 9.17) is 17.0 Å². The molecule has 9 heteroatoms. The summed E-state index contributed by atoms with van der Waals surface area (Å²) in [7, 11) is 1.46. The lowest BCUT2D eigenvalue weighted by Gasteiger charge is -2.35. The Labute approximate surface area is 128 Å². The van der Waals surface area contributed by atoms with E-state index in [1.54, 1.807) is 0 Å². The van der Waals surface area contributed by atoms with Gasteiger partial charge in [-0.1, -0.05) is 12.2 Å². The zero-order valence-corrected chi connectivity index (χ0v) is 12.3. The summed E-state index contributed by atoms with van der Waals surface area (Å²) in [6.45, 7) is 0.871. The number of fused-ring (bicyclic) bond motifs is 1. The first-order valence-electron chi connectivity index (χ1n) is 6.08. The molecule has 0 aromatic heterocycles. The van der Waals surface area contributed by atoms with Gasteiger partial charge < -0.3 is 10.1 Å². The van der Waals surface area contributed by atoms with Crippen LogP contribution in [-0.2, 0) is 0 Å². The highest BCUT2D eigenvalue weighted by Crippen LogP contribution is 2.44. The van der Waals surface area contributed by atoms with Crippen LogP contribution in [0, 0.1) is 10.1 Å². The Bertz CT molecular complexity index is 688. The number of hydrogen-bond donors (Lipinski definition) is 1. The molecule has 0 saturated carbocycles. The lowest BCUT2D eigenvalue weighted by Crippen LogP contribution is -2.48. The van der Waals surface area contributed by atoms with Crippen LogP contribution in [0.4, 0.5) is 18.9 Å². The monoisotopic (exact) mass is 332 g/mol. The van der Waals surface area contributed by atoms with Gasteiger partial charge in [-0.2, -0.15) is 13.2 Å². The molecule has 1 aliphatic heterocycles. The lowest BCUT2D eigenvalue weighted by molar-refractivity contribution is -0.384. The third kappa shape index (κ3) is 2.63. The van der Waals surface area contributed by atoms with Crippen molar-refractivity contribution in [2.45, 2.75) is 18.7 Å². The fourth-order valence-electron chi connectivity index (χ4n) is 2.00. The minimum Gasteiger partial charge on any atom is -0.473 e. The highest BCUT2D eigenvalue weighted by Gasteiger charge is 2.54. The molecule has 1 heterocycles.